The molecule has 1 amide bonds. The average molecular weight is 348 g/mol. The molecule has 1 heterocycles. The van der Waals surface area contributed by atoms with Crippen LogP contribution in [0, 0.1) is 5.92 Å². The molecule has 6 heteroatoms. The molecule has 22 heavy (non-hydrogen) atoms. The van der Waals surface area contributed by atoms with Crippen molar-refractivity contribution in [3.05, 3.63) is 29.3 Å². The molecule has 0 saturated carbocycles. The Morgan fingerprint density at radius 1 is 1.27 bits per heavy atom. The van der Waals surface area contributed by atoms with E-state index in [1.54, 1.807) is 7.05 Å². The van der Waals surface area contributed by atoms with Crippen LogP contribution in [0.5, 0.6) is 0 Å². The van der Waals surface area contributed by atoms with Gasteiger partial charge < -0.3 is 10.6 Å². The number of rotatable bonds is 6. The Bertz CT molecular complexity index is 480. The fourth-order valence-corrected chi connectivity index (χ4v) is 2.56. The summed E-state index contributed by atoms with van der Waals surface area (Å²) in [4.78, 5) is 14.2. The lowest BCUT2D eigenvalue weighted by Gasteiger charge is -2.16. The molecule has 0 spiro atoms. The van der Waals surface area contributed by atoms with Gasteiger partial charge in [0.1, 0.15) is 0 Å². The molecule has 1 aromatic rings. The van der Waals surface area contributed by atoms with Gasteiger partial charge in [-0.1, -0.05) is 26.0 Å². The molecule has 0 fully saturated rings. The Kier molecular flexibility index (Phi) is 9.69. The number of carbonyl (C=O) groups excluding carboxylic acids is 1. The number of nitrogens with zero attached hydrogens (tertiary/aromatic N) is 1. The Hall–Kier alpha value is -0.810. The highest BCUT2D eigenvalue weighted by molar-refractivity contribution is 5.93. The van der Waals surface area contributed by atoms with Crippen molar-refractivity contribution < 1.29 is 4.79 Å². The standard InChI is InChI=1S/C16H25N3O.2ClH/c1-12(2)7-8-19-10-13-5-4-6-15(14(13)11-19)18-16(20)9-17-3;;/h4-6,12,17H,7-11H2,1-3H3,(H,18,20);2*1H. The predicted molar refractivity (Wildman–Crippen MR) is 97.1 cm³/mol. The normalized spacial score (nSPS) is 13.3. The number of likely N-dealkylation sites (N-methyl/N-ethyl adjacent to an activating group) is 1. The molecule has 1 aliphatic rings. The quantitative estimate of drug-likeness (QED) is 0.831. The first-order chi connectivity index (χ1) is 9.60. The summed E-state index contributed by atoms with van der Waals surface area (Å²) >= 11 is 0. The summed E-state index contributed by atoms with van der Waals surface area (Å²) in [7, 11) is 1.78. The van der Waals surface area contributed by atoms with Crippen LogP contribution in [0.2, 0.25) is 0 Å². The SMILES string of the molecule is CNCC(=O)Nc1cccc2c1CN(CCC(C)C)C2.Cl.Cl. The molecule has 2 rings (SSSR count). The molecule has 0 unspecified atom stereocenters. The van der Waals surface area contributed by atoms with Gasteiger partial charge in [-0.3, -0.25) is 9.69 Å². The highest BCUT2D eigenvalue weighted by Gasteiger charge is 2.21. The van der Waals surface area contributed by atoms with Crippen LogP contribution >= 0.6 is 24.8 Å². The summed E-state index contributed by atoms with van der Waals surface area (Å²) in [5, 5.41) is 5.88. The number of carbonyl (C=O) groups is 1. The summed E-state index contributed by atoms with van der Waals surface area (Å²) < 4.78 is 0. The minimum atomic E-state index is 0. The van der Waals surface area contributed by atoms with E-state index >= 15 is 0 Å². The number of benzene rings is 1. The molecule has 0 aromatic heterocycles. The molecule has 2 N–H and O–H groups in total. The monoisotopic (exact) mass is 347 g/mol. The van der Waals surface area contributed by atoms with E-state index in [-0.39, 0.29) is 30.7 Å². The summed E-state index contributed by atoms with van der Waals surface area (Å²) in [5.41, 5.74) is 3.59. The van der Waals surface area contributed by atoms with E-state index in [0.717, 1.165) is 31.2 Å². The molecular formula is C16H27Cl2N3O. The second-order valence-corrected chi connectivity index (χ2v) is 5.91. The lowest BCUT2D eigenvalue weighted by atomic mass is 10.1. The van der Waals surface area contributed by atoms with Crippen LogP contribution < -0.4 is 10.6 Å². The zero-order valence-electron chi connectivity index (χ0n) is 13.5. The van der Waals surface area contributed by atoms with Crippen molar-refractivity contribution in [2.45, 2.75) is 33.4 Å². The van der Waals surface area contributed by atoms with Crippen molar-refractivity contribution in [2.75, 3.05) is 25.5 Å². The topological polar surface area (TPSA) is 44.4 Å². The Morgan fingerprint density at radius 2 is 2.00 bits per heavy atom. The van der Waals surface area contributed by atoms with Gasteiger partial charge in [0.2, 0.25) is 5.91 Å². The van der Waals surface area contributed by atoms with Gasteiger partial charge in [-0.05, 0) is 43.1 Å². The van der Waals surface area contributed by atoms with Gasteiger partial charge in [0.15, 0.2) is 0 Å². The van der Waals surface area contributed by atoms with Gasteiger partial charge in [-0.25, -0.2) is 0 Å². The number of amides is 1. The van der Waals surface area contributed by atoms with Gasteiger partial charge in [-0.15, -0.1) is 24.8 Å². The summed E-state index contributed by atoms with van der Waals surface area (Å²) in [6.07, 6.45) is 1.22. The Labute approximate surface area is 145 Å². The Morgan fingerprint density at radius 3 is 2.64 bits per heavy atom. The molecule has 0 atom stereocenters. The summed E-state index contributed by atoms with van der Waals surface area (Å²) in [5.74, 6) is 0.745. The number of hydrogen-bond donors (Lipinski definition) is 2. The molecule has 1 aromatic carbocycles. The van der Waals surface area contributed by atoms with Crippen molar-refractivity contribution in [1.82, 2.24) is 10.2 Å². The lowest BCUT2D eigenvalue weighted by molar-refractivity contribution is -0.115. The highest BCUT2D eigenvalue weighted by atomic mass is 35.5. The number of halogens is 2. The second kappa shape index (κ2) is 10.1. The molecule has 0 radical (unpaired) electrons. The van der Waals surface area contributed by atoms with E-state index in [1.165, 1.54) is 17.5 Å². The van der Waals surface area contributed by atoms with E-state index in [0.29, 0.717) is 6.54 Å². The second-order valence-electron chi connectivity index (χ2n) is 5.91. The van der Waals surface area contributed by atoms with Crippen LogP contribution in [0.3, 0.4) is 0 Å². The molecule has 0 saturated heterocycles. The number of hydrogen-bond acceptors (Lipinski definition) is 3. The van der Waals surface area contributed by atoms with Crippen LogP contribution in [0.25, 0.3) is 0 Å². The van der Waals surface area contributed by atoms with Crippen molar-refractivity contribution in [3.8, 4) is 0 Å². The largest absolute Gasteiger partial charge is 0.325 e. The predicted octanol–water partition coefficient (Wildman–Crippen LogP) is 3.05. The van der Waals surface area contributed by atoms with E-state index in [4.69, 9.17) is 0 Å². The van der Waals surface area contributed by atoms with Gasteiger partial charge in [0.05, 0.1) is 6.54 Å². The lowest BCUT2D eigenvalue weighted by Crippen LogP contribution is -2.25. The maximum Gasteiger partial charge on any atom is 0.238 e. The first-order valence-corrected chi connectivity index (χ1v) is 7.37. The number of anilines is 1. The first kappa shape index (κ1) is 21.2. The fourth-order valence-electron chi connectivity index (χ4n) is 2.56. The molecule has 0 aliphatic carbocycles. The van der Waals surface area contributed by atoms with Gasteiger partial charge in [0.25, 0.3) is 0 Å². The Balaban J connectivity index is 0.00000220. The highest BCUT2D eigenvalue weighted by Crippen LogP contribution is 2.29. The van der Waals surface area contributed by atoms with Gasteiger partial charge in [-0.2, -0.15) is 0 Å². The molecule has 4 nitrogen and oxygen atoms in total. The third-order valence-electron chi connectivity index (χ3n) is 3.68. The zero-order valence-corrected chi connectivity index (χ0v) is 15.1. The van der Waals surface area contributed by atoms with Crippen LogP contribution in [0.15, 0.2) is 18.2 Å². The van der Waals surface area contributed by atoms with Crippen LogP contribution in [-0.4, -0.2) is 30.9 Å². The number of nitrogens with one attached hydrogen (secondary N) is 2. The van der Waals surface area contributed by atoms with Crippen molar-refractivity contribution in [2.24, 2.45) is 5.92 Å². The van der Waals surface area contributed by atoms with E-state index in [9.17, 15) is 4.79 Å². The maximum absolute atomic E-state index is 11.7. The molecular weight excluding hydrogens is 321 g/mol. The minimum absolute atomic E-state index is 0. The van der Waals surface area contributed by atoms with Gasteiger partial charge >= 0.3 is 0 Å². The van der Waals surface area contributed by atoms with Gasteiger partial charge in [0, 0.05) is 18.8 Å². The van der Waals surface area contributed by atoms with Crippen LogP contribution in [0.4, 0.5) is 5.69 Å². The third kappa shape index (κ3) is 5.76. The third-order valence-corrected chi connectivity index (χ3v) is 3.68. The maximum atomic E-state index is 11.7. The van der Waals surface area contributed by atoms with Crippen LogP contribution in [0.1, 0.15) is 31.4 Å². The summed E-state index contributed by atoms with van der Waals surface area (Å²) in [6.45, 7) is 7.92. The van der Waals surface area contributed by atoms with E-state index < -0.39 is 0 Å². The van der Waals surface area contributed by atoms with Crippen molar-refractivity contribution >= 4 is 36.4 Å². The molecule has 0 bridgehead atoms. The van der Waals surface area contributed by atoms with Crippen molar-refractivity contribution in [1.29, 1.82) is 0 Å². The number of fused-ring (bicyclic) bond motifs is 1. The van der Waals surface area contributed by atoms with Crippen LogP contribution in [-0.2, 0) is 17.9 Å². The average Bonchev–Trinajstić information content (AvgIpc) is 2.81. The molecule has 1 aliphatic heterocycles. The summed E-state index contributed by atoms with van der Waals surface area (Å²) in [6, 6.07) is 6.19. The zero-order chi connectivity index (χ0) is 14.5. The van der Waals surface area contributed by atoms with E-state index in [1.807, 2.05) is 12.1 Å². The van der Waals surface area contributed by atoms with E-state index in [2.05, 4.69) is 35.4 Å². The fraction of sp³-hybridized carbons (Fsp3) is 0.562. The smallest absolute Gasteiger partial charge is 0.238 e. The van der Waals surface area contributed by atoms with Crippen molar-refractivity contribution in [3.63, 3.8) is 0 Å². The molecule has 126 valence electrons. The first-order valence-electron chi connectivity index (χ1n) is 7.37. The minimum Gasteiger partial charge on any atom is -0.325 e.